The molecule has 0 aromatic carbocycles. The van der Waals surface area contributed by atoms with Crippen LogP contribution in [0, 0.1) is 5.41 Å². The second kappa shape index (κ2) is 6.00. The van der Waals surface area contributed by atoms with Crippen molar-refractivity contribution in [2.24, 2.45) is 5.41 Å². The smallest absolute Gasteiger partial charge is 0.335 e. The highest BCUT2D eigenvalue weighted by molar-refractivity contribution is 5.76. The van der Waals surface area contributed by atoms with E-state index in [0.29, 0.717) is 26.1 Å². The Labute approximate surface area is 101 Å². The maximum Gasteiger partial charge on any atom is 0.335 e. The molecule has 0 amide bonds. The first-order chi connectivity index (χ1) is 8.00. The van der Waals surface area contributed by atoms with E-state index < -0.39 is 6.10 Å². The molecule has 98 valence electrons. The molecular formula is C12H20O5. The topological polar surface area (TPSA) is 61.8 Å². The van der Waals surface area contributed by atoms with Crippen LogP contribution in [0.3, 0.4) is 0 Å². The molecule has 17 heavy (non-hydrogen) atoms. The lowest BCUT2D eigenvalue weighted by atomic mass is 9.85. The number of carbonyl (C=O) groups is 2. The predicted molar refractivity (Wildman–Crippen MR) is 60.3 cm³/mol. The molecule has 0 bridgehead atoms. The molecule has 1 fully saturated rings. The molecule has 1 rings (SSSR count). The van der Waals surface area contributed by atoms with Crippen molar-refractivity contribution in [3.8, 4) is 0 Å². The van der Waals surface area contributed by atoms with Gasteiger partial charge in [0.2, 0.25) is 0 Å². The SMILES string of the molecule is CCC(C)(COC1CCOC1=O)CC(=O)OC. The highest BCUT2D eigenvalue weighted by Crippen LogP contribution is 2.28. The Balaban J connectivity index is 2.45. The molecule has 0 aliphatic carbocycles. The van der Waals surface area contributed by atoms with Crippen molar-refractivity contribution >= 4 is 11.9 Å². The molecule has 0 aromatic heterocycles. The van der Waals surface area contributed by atoms with E-state index in [2.05, 4.69) is 4.74 Å². The molecular weight excluding hydrogens is 224 g/mol. The minimum Gasteiger partial charge on any atom is -0.469 e. The zero-order chi connectivity index (χ0) is 12.9. The standard InChI is InChI=1S/C12H20O5/c1-4-12(2,7-10(13)15-3)8-17-9-5-6-16-11(9)14/h9H,4-8H2,1-3H3. The van der Waals surface area contributed by atoms with Gasteiger partial charge >= 0.3 is 11.9 Å². The molecule has 2 atom stereocenters. The van der Waals surface area contributed by atoms with Crippen molar-refractivity contribution in [3.05, 3.63) is 0 Å². The van der Waals surface area contributed by atoms with E-state index in [1.807, 2.05) is 13.8 Å². The Kier molecular flexibility index (Phi) is 4.93. The van der Waals surface area contributed by atoms with Crippen molar-refractivity contribution in [2.45, 2.75) is 39.2 Å². The Bertz CT molecular complexity index is 289. The summed E-state index contributed by atoms with van der Waals surface area (Å²) >= 11 is 0. The third kappa shape index (κ3) is 4.00. The van der Waals surface area contributed by atoms with Crippen molar-refractivity contribution in [1.29, 1.82) is 0 Å². The summed E-state index contributed by atoms with van der Waals surface area (Å²) < 4.78 is 15.0. The van der Waals surface area contributed by atoms with Gasteiger partial charge < -0.3 is 14.2 Å². The van der Waals surface area contributed by atoms with Crippen LogP contribution in [0.5, 0.6) is 0 Å². The van der Waals surface area contributed by atoms with Crippen LogP contribution >= 0.6 is 0 Å². The number of ether oxygens (including phenoxy) is 3. The number of methoxy groups -OCH3 is 1. The lowest BCUT2D eigenvalue weighted by Crippen LogP contribution is -2.30. The number of cyclic esters (lactones) is 1. The van der Waals surface area contributed by atoms with Crippen LogP contribution in [-0.4, -0.2) is 38.4 Å². The van der Waals surface area contributed by atoms with Gasteiger partial charge in [0, 0.05) is 11.8 Å². The maximum atomic E-state index is 11.3. The van der Waals surface area contributed by atoms with Crippen LogP contribution in [0.15, 0.2) is 0 Å². The largest absolute Gasteiger partial charge is 0.469 e. The van der Waals surface area contributed by atoms with E-state index in [1.54, 1.807) is 0 Å². The van der Waals surface area contributed by atoms with Gasteiger partial charge in [0.05, 0.1) is 26.7 Å². The third-order valence-electron chi connectivity index (χ3n) is 3.17. The molecule has 1 aliphatic rings. The van der Waals surface area contributed by atoms with Gasteiger partial charge in [0.1, 0.15) is 0 Å². The van der Waals surface area contributed by atoms with Crippen LogP contribution < -0.4 is 0 Å². The van der Waals surface area contributed by atoms with Crippen LogP contribution in [0.4, 0.5) is 0 Å². The second-order valence-electron chi connectivity index (χ2n) is 4.67. The molecule has 0 aromatic rings. The summed E-state index contributed by atoms with van der Waals surface area (Å²) in [7, 11) is 1.37. The molecule has 1 saturated heterocycles. The van der Waals surface area contributed by atoms with Crippen LogP contribution in [0.1, 0.15) is 33.1 Å². The van der Waals surface area contributed by atoms with E-state index in [-0.39, 0.29) is 17.4 Å². The fourth-order valence-electron chi connectivity index (χ4n) is 1.63. The molecule has 0 spiro atoms. The zero-order valence-electron chi connectivity index (χ0n) is 10.7. The Hall–Kier alpha value is -1.10. The monoisotopic (exact) mass is 244 g/mol. The van der Waals surface area contributed by atoms with Gasteiger partial charge in [-0.05, 0) is 6.42 Å². The van der Waals surface area contributed by atoms with E-state index in [0.717, 1.165) is 6.42 Å². The Morgan fingerprint density at radius 2 is 2.29 bits per heavy atom. The summed E-state index contributed by atoms with van der Waals surface area (Å²) in [4.78, 5) is 22.5. The average Bonchev–Trinajstić information content (AvgIpc) is 2.72. The summed E-state index contributed by atoms with van der Waals surface area (Å²) in [6.07, 6.45) is 1.20. The first kappa shape index (κ1) is 14.0. The number of hydrogen-bond acceptors (Lipinski definition) is 5. The first-order valence-electron chi connectivity index (χ1n) is 5.86. The quantitative estimate of drug-likeness (QED) is 0.659. The van der Waals surface area contributed by atoms with Crippen molar-refractivity contribution in [3.63, 3.8) is 0 Å². The van der Waals surface area contributed by atoms with Gasteiger partial charge in [-0.25, -0.2) is 4.79 Å². The lowest BCUT2D eigenvalue weighted by Gasteiger charge is -2.27. The van der Waals surface area contributed by atoms with Crippen molar-refractivity contribution in [1.82, 2.24) is 0 Å². The van der Waals surface area contributed by atoms with Crippen LogP contribution in [-0.2, 0) is 23.8 Å². The highest BCUT2D eigenvalue weighted by atomic mass is 16.6. The van der Waals surface area contributed by atoms with Crippen LogP contribution in [0.25, 0.3) is 0 Å². The van der Waals surface area contributed by atoms with E-state index >= 15 is 0 Å². The normalized spacial score (nSPS) is 23.0. The average molecular weight is 244 g/mol. The summed E-state index contributed by atoms with van der Waals surface area (Å²) in [5, 5.41) is 0. The summed E-state index contributed by atoms with van der Waals surface area (Å²) in [6.45, 7) is 4.71. The van der Waals surface area contributed by atoms with E-state index in [9.17, 15) is 9.59 Å². The van der Waals surface area contributed by atoms with Gasteiger partial charge in [-0.15, -0.1) is 0 Å². The molecule has 1 heterocycles. The molecule has 2 unspecified atom stereocenters. The maximum absolute atomic E-state index is 11.3. The number of carbonyl (C=O) groups excluding carboxylic acids is 2. The van der Waals surface area contributed by atoms with E-state index in [1.165, 1.54) is 7.11 Å². The highest BCUT2D eigenvalue weighted by Gasteiger charge is 2.32. The summed E-state index contributed by atoms with van der Waals surface area (Å²) in [5.74, 6) is -0.562. The lowest BCUT2D eigenvalue weighted by molar-refractivity contribution is -0.150. The van der Waals surface area contributed by atoms with Gasteiger partial charge in [-0.1, -0.05) is 13.8 Å². The fourth-order valence-corrected chi connectivity index (χ4v) is 1.63. The Morgan fingerprint density at radius 1 is 1.59 bits per heavy atom. The van der Waals surface area contributed by atoms with E-state index in [4.69, 9.17) is 9.47 Å². The molecule has 5 heteroatoms. The molecule has 5 nitrogen and oxygen atoms in total. The molecule has 0 N–H and O–H groups in total. The summed E-state index contributed by atoms with van der Waals surface area (Å²) in [6, 6.07) is 0. The first-order valence-corrected chi connectivity index (χ1v) is 5.86. The van der Waals surface area contributed by atoms with Crippen molar-refractivity contribution < 1.29 is 23.8 Å². The fraction of sp³-hybridized carbons (Fsp3) is 0.833. The minimum atomic E-state index is -0.474. The minimum absolute atomic E-state index is 0.257. The van der Waals surface area contributed by atoms with Gasteiger partial charge in [0.25, 0.3) is 0 Å². The summed E-state index contributed by atoms with van der Waals surface area (Å²) in [5.41, 5.74) is -0.296. The zero-order valence-corrected chi connectivity index (χ0v) is 10.7. The Morgan fingerprint density at radius 3 is 2.76 bits per heavy atom. The van der Waals surface area contributed by atoms with Crippen LogP contribution in [0.2, 0.25) is 0 Å². The van der Waals surface area contributed by atoms with Gasteiger partial charge in [0.15, 0.2) is 6.10 Å². The molecule has 0 radical (unpaired) electrons. The number of hydrogen-bond donors (Lipinski definition) is 0. The van der Waals surface area contributed by atoms with Gasteiger partial charge in [-0.2, -0.15) is 0 Å². The van der Waals surface area contributed by atoms with Crippen molar-refractivity contribution in [2.75, 3.05) is 20.3 Å². The van der Waals surface area contributed by atoms with Gasteiger partial charge in [-0.3, -0.25) is 4.79 Å². The molecule has 0 saturated carbocycles. The third-order valence-corrected chi connectivity index (χ3v) is 3.17. The predicted octanol–water partition coefficient (Wildman–Crippen LogP) is 1.30. The number of esters is 2. The molecule has 1 aliphatic heterocycles. The number of rotatable bonds is 6. The second-order valence-corrected chi connectivity index (χ2v) is 4.67.